The number of carbonyl (C=O) groups is 2. The number of amides is 1. The second kappa shape index (κ2) is 5.53. The minimum absolute atomic E-state index is 0.230. The number of aliphatic carboxylic acids is 1. The molecule has 6 nitrogen and oxygen atoms in total. The van der Waals surface area contributed by atoms with Gasteiger partial charge in [0.2, 0.25) is 0 Å². The highest BCUT2D eigenvalue weighted by Gasteiger charge is 2.29. The molecule has 1 aliphatic carbocycles. The number of hydrogen-bond acceptors (Lipinski definition) is 3. The van der Waals surface area contributed by atoms with Gasteiger partial charge in [0.05, 0.1) is 17.7 Å². The van der Waals surface area contributed by atoms with Crippen molar-refractivity contribution in [3.05, 3.63) is 47.7 Å². The Hall–Kier alpha value is -2.63. The van der Waals surface area contributed by atoms with Crippen LogP contribution in [0.15, 0.2) is 36.5 Å². The van der Waals surface area contributed by atoms with E-state index in [2.05, 4.69) is 10.4 Å². The van der Waals surface area contributed by atoms with Crippen molar-refractivity contribution in [1.29, 1.82) is 0 Å². The summed E-state index contributed by atoms with van der Waals surface area (Å²) in [5.74, 6) is -0.442. The molecule has 0 aliphatic heterocycles. The quantitative estimate of drug-likeness (QED) is 0.889. The molecule has 1 aromatic carbocycles. The number of aromatic nitrogens is 2. The van der Waals surface area contributed by atoms with Crippen LogP contribution in [0.1, 0.15) is 48.7 Å². The first-order chi connectivity index (χ1) is 10.9. The number of nitrogens with one attached hydrogen (secondary N) is 1. The lowest BCUT2D eigenvalue weighted by molar-refractivity contribution is -0.142. The van der Waals surface area contributed by atoms with Crippen LogP contribution >= 0.6 is 0 Å². The molecule has 1 saturated carbocycles. The lowest BCUT2D eigenvalue weighted by atomic mass is 9.84. The van der Waals surface area contributed by atoms with Gasteiger partial charge in [0.25, 0.3) is 5.91 Å². The summed E-state index contributed by atoms with van der Waals surface area (Å²) in [4.78, 5) is 23.6. The van der Waals surface area contributed by atoms with Gasteiger partial charge in [-0.1, -0.05) is 12.1 Å². The molecule has 1 aliphatic rings. The summed E-state index contributed by atoms with van der Waals surface area (Å²) in [5.41, 5.74) is 0.155. The number of carboxylic acids is 1. The Morgan fingerprint density at radius 1 is 1.22 bits per heavy atom. The van der Waals surface area contributed by atoms with Crippen molar-refractivity contribution in [2.75, 3.05) is 5.32 Å². The topological polar surface area (TPSA) is 84.2 Å². The van der Waals surface area contributed by atoms with Gasteiger partial charge in [0.15, 0.2) is 0 Å². The zero-order chi connectivity index (χ0) is 16.6. The van der Waals surface area contributed by atoms with Crippen molar-refractivity contribution >= 4 is 17.7 Å². The molecule has 0 radical (unpaired) electrons. The largest absolute Gasteiger partial charge is 0.481 e. The third kappa shape index (κ3) is 2.97. The fourth-order valence-corrected chi connectivity index (χ4v) is 2.37. The van der Waals surface area contributed by atoms with Crippen LogP contribution in [0.5, 0.6) is 0 Å². The third-order valence-electron chi connectivity index (χ3n) is 4.21. The normalized spacial score (nSPS) is 14.5. The second-order valence-corrected chi connectivity index (χ2v) is 6.35. The molecule has 1 fully saturated rings. The molecular formula is C17H19N3O3. The van der Waals surface area contributed by atoms with Crippen molar-refractivity contribution in [2.24, 2.45) is 0 Å². The number of benzene rings is 1. The highest BCUT2D eigenvalue weighted by atomic mass is 16.4. The van der Waals surface area contributed by atoms with Gasteiger partial charge in [-0.2, -0.15) is 5.10 Å². The fourth-order valence-electron chi connectivity index (χ4n) is 2.37. The van der Waals surface area contributed by atoms with Crippen molar-refractivity contribution in [2.45, 2.75) is 38.1 Å². The van der Waals surface area contributed by atoms with E-state index < -0.39 is 11.4 Å². The Labute approximate surface area is 134 Å². The van der Waals surface area contributed by atoms with E-state index in [9.17, 15) is 14.7 Å². The second-order valence-electron chi connectivity index (χ2n) is 6.35. The first-order valence-electron chi connectivity index (χ1n) is 7.58. The summed E-state index contributed by atoms with van der Waals surface area (Å²) in [6, 6.07) is 8.82. The molecule has 120 valence electrons. The molecule has 2 N–H and O–H groups in total. The molecule has 2 aromatic rings. The number of anilines is 1. The van der Waals surface area contributed by atoms with Gasteiger partial charge >= 0.3 is 5.97 Å². The molecule has 0 atom stereocenters. The Morgan fingerprint density at radius 2 is 1.87 bits per heavy atom. The lowest BCUT2D eigenvalue weighted by Gasteiger charge is -2.19. The van der Waals surface area contributed by atoms with Gasteiger partial charge < -0.3 is 10.4 Å². The van der Waals surface area contributed by atoms with Gasteiger partial charge in [0, 0.05) is 11.6 Å². The highest BCUT2D eigenvalue weighted by molar-refractivity contribution is 6.03. The Bertz CT molecular complexity index is 743. The van der Waals surface area contributed by atoms with Crippen LogP contribution in [0.4, 0.5) is 5.82 Å². The Morgan fingerprint density at radius 3 is 2.43 bits per heavy atom. The van der Waals surface area contributed by atoms with Crippen LogP contribution in [0.25, 0.3) is 0 Å². The Balaban J connectivity index is 1.75. The summed E-state index contributed by atoms with van der Waals surface area (Å²) in [6.07, 6.45) is 3.85. The van der Waals surface area contributed by atoms with E-state index >= 15 is 0 Å². The average molecular weight is 313 g/mol. The Kier molecular flexibility index (Phi) is 3.67. The molecule has 0 unspecified atom stereocenters. The van der Waals surface area contributed by atoms with Crippen molar-refractivity contribution < 1.29 is 14.7 Å². The molecule has 0 saturated heterocycles. The van der Waals surface area contributed by atoms with Gasteiger partial charge in [-0.05, 0) is 44.4 Å². The molecule has 23 heavy (non-hydrogen) atoms. The van der Waals surface area contributed by atoms with Crippen LogP contribution in [-0.4, -0.2) is 26.8 Å². The first-order valence-corrected chi connectivity index (χ1v) is 7.58. The van der Waals surface area contributed by atoms with Crippen LogP contribution in [0.2, 0.25) is 0 Å². The fraction of sp³-hybridized carbons (Fsp3) is 0.353. The number of hydrogen-bond donors (Lipinski definition) is 2. The van der Waals surface area contributed by atoms with Crippen LogP contribution in [-0.2, 0) is 10.2 Å². The van der Waals surface area contributed by atoms with E-state index in [1.807, 2.05) is 4.68 Å². The summed E-state index contributed by atoms with van der Waals surface area (Å²) < 4.78 is 1.83. The maximum atomic E-state index is 12.3. The molecule has 0 spiro atoms. The van der Waals surface area contributed by atoms with Crippen molar-refractivity contribution in [3.8, 4) is 0 Å². The summed E-state index contributed by atoms with van der Waals surface area (Å²) in [5, 5.41) is 16.3. The van der Waals surface area contributed by atoms with E-state index in [1.165, 1.54) is 0 Å². The molecular weight excluding hydrogens is 294 g/mol. The predicted molar refractivity (Wildman–Crippen MR) is 85.6 cm³/mol. The maximum absolute atomic E-state index is 12.3. The zero-order valence-corrected chi connectivity index (χ0v) is 13.1. The van der Waals surface area contributed by atoms with E-state index in [4.69, 9.17) is 0 Å². The first kappa shape index (κ1) is 15.3. The number of carbonyl (C=O) groups excluding carboxylic acids is 1. The van der Waals surface area contributed by atoms with Gasteiger partial charge in [0.1, 0.15) is 5.82 Å². The van der Waals surface area contributed by atoms with E-state index in [0.29, 0.717) is 23.0 Å². The number of rotatable bonds is 5. The molecule has 3 rings (SSSR count). The summed E-state index contributed by atoms with van der Waals surface area (Å²) >= 11 is 0. The van der Waals surface area contributed by atoms with Crippen molar-refractivity contribution in [1.82, 2.24) is 9.78 Å². The monoisotopic (exact) mass is 313 g/mol. The molecule has 1 amide bonds. The maximum Gasteiger partial charge on any atom is 0.313 e. The van der Waals surface area contributed by atoms with Crippen LogP contribution in [0, 0.1) is 0 Å². The van der Waals surface area contributed by atoms with Gasteiger partial charge in [-0.25, -0.2) is 4.68 Å². The minimum atomic E-state index is -0.987. The molecule has 0 bridgehead atoms. The van der Waals surface area contributed by atoms with Gasteiger partial charge in [-0.15, -0.1) is 0 Å². The SMILES string of the molecule is CC(C)(C(=O)O)c1ccc(C(=O)Nc2ccnn2C2CC2)cc1. The summed E-state index contributed by atoms with van der Waals surface area (Å²) in [7, 11) is 0. The minimum Gasteiger partial charge on any atom is -0.481 e. The third-order valence-corrected chi connectivity index (χ3v) is 4.21. The highest BCUT2D eigenvalue weighted by Crippen LogP contribution is 2.36. The predicted octanol–water partition coefficient (Wildman–Crippen LogP) is 2.83. The average Bonchev–Trinajstić information content (AvgIpc) is 3.27. The number of carboxylic acid groups (broad SMARTS) is 1. The van der Waals surface area contributed by atoms with Gasteiger partial charge in [-0.3, -0.25) is 9.59 Å². The van der Waals surface area contributed by atoms with Crippen LogP contribution < -0.4 is 5.32 Å². The molecule has 1 aromatic heterocycles. The number of nitrogens with zero attached hydrogens (tertiary/aromatic N) is 2. The molecule has 6 heteroatoms. The standard InChI is InChI=1S/C17H19N3O3/c1-17(2,16(22)23)12-5-3-11(4-6-12)15(21)19-14-9-10-18-20(14)13-7-8-13/h3-6,9-10,13H,7-8H2,1-2H3,(H,19,21)(H,22,23). The van der Waals surface area contributed by atoms with E-state index in [0.717, 1.165) is 12.8 Å². The van der Waals surface area contributed by atoms with Crippen LogP contribution in [0.3, 0.4) is 0 Å². The smallest absolute Gasteiger partial charge is 0.313 e. The van der Waals surface area contributed by atoms with E-state index in [-0.39, 0.29) is 5.91 Å². The van der Waals surface area contributed by atoms with Crippen molar-refractivity contribution in [3.63, 3.8) is 0 Å². The van der Waals surface area contributed by atoms with E-state index in [1.54, 1.807) is 50.4 Å². The molecule has 1 heterocycles. The zero-order valence-electron chi connectivity index (χ0n) is 13.1. The summed E-state index contributed by atoms with van der Waals surface area (Å²) in [6.45, 7) is 3.28. The lowest BCUT2D eigenvalue weighted by Crippen LogP contribution is -2.28.